The maximum Gasteiger partial charge on any atom is 0.136 e. The molecular formula is C15H27N5. The zero-order valence-corrected chi connectivity index (χ0v) is 13.3. The number of anilines is 2. The molecular weight excluding hydrogens is 250 g/mol. The minimum Gasteiger partial charge on any atom is -0.383 e. The van der Waals surface area contributed by atoms with Crippen LogP contribution in [0.25, 0.3) is 0 Å². The van der Waals surface area contributed by atoms with Crippen LogP contribution in [-0.4, -0.2) is 42.1 Å². The molecule has 2 rings (SSSR count). The molecule has 0 atom stereocenters. The normalized spacial score (nSPS) is 15.7. The quantitative estimate of drug-likeness (QED) is 0.834. The molecule has 20 heavy (non-hydrogen) atoms. The lowest BCUT2D eigenvalue weighted by atomic mass is 9.93. The number of hydrogen-bond acceptors (Lipinski definition) is 5. The molecule has 1 heterocycles. The Labute approximate surface area is 122 Å². The minimum atomic E-state index is 0.176. The lowest BCUT2D eigenvalue weighted by molar-refractivity contribution is 0.254. The summed E-state index contributed by atoms with van der Waals surface area (Å²) in [6.45, 7) is 8.37. The van der Waals surface area contributed by atoms with Gasteiger partial charge in [-0.1, -0.05) is 13.8 Å². The van der Waals surface area contributed by atoms with Crippen molar-refractivity contribution in [2.75, 3.05) is 38.2 Å². The van der Waals surface area contributed by atoms with Gasteiger partial charge in [0.15, 0.2) is 0 Å². The Bertz CT molecular complexity index is 477. The predicted octanol–water partition coefficient (Wildman–Crippen LogP) is 2.24. The first-order valence-corrected chi connectivity index (χ1v) is 7.31. The third kappa shape index (κ3) is 3.82. The average Bonchev–Trinajstić information content (AvgIpc) is 3.13. The van der Waals surface area contributed by atoms with Crippen LogP contribution in [0.1, 0.15) is 44.0 Å². The Morgan fingerprint density at radius 1 is 1.30 bits per heavy atom. The Morgan fingerprint density at radius 2 is 1.95 bits per heavy atom. The van der Waals surface area contributed by atoms with Crippen molar-refractivity contribution < 1.29 is 0 Å². The highest BCUT2D eigenvalue weighted by atomic mass is 15.1. The van der Waals surface area contributed by atoms with Crippen molar-refractivity contribution in [3.05, 3.63) is 11.4 Å². The summed E-state index contributed by atoms with van der Waals surface area (Å²) in [6, 6.07) is 0. The second-order valence-electron chi connectivity index (χ2n) is 6.97. The van der Waals surface area contributed by atoms with E-state index in [4.69, 9.17) is 5.73 Å². The molecule has 0 spiro atoms. The molecule has 1 aromatic heterocycles. The molecule has 0 amide bonds. The van der Waals surface area contributed by atoms with Crippen LogP contribution in [0, 0.1) is 12.3 Å². The fourth-order valence-electron chi connectivity index (χ4n) is 2.48. The maximum absolute atomic E-state index is 6.01. The SMILES string of the molecule is Cc1c(N)nc(C2CC2)nc1NCC(C)(C)CN(C)C. The lowest BCUT2D eigenvalue weighted by Gasteiger charge is -2.29. The highest BCUT2D eigenvalue weighted by molar-refractivity contribution is 5.55. The average molecular weight is 277 g/mol. The molecule has 0 saturated heterocycles. The van der Waals surface area contributed by atoms with Gasteiger partial charge in [0, 0.05) is 24.6 Å². The maximum atomic E-state index is 6.01. The molecule has 112 valence electrons. The van der Waals surface area contributed by atoms with E-state index in [1.807, 2.05) is 6.92 Å². The summed E-state index contributed by atoms with van der Waals surface area (Å²) < 4.78 is 0. The van der Waals surface area contributed by atoms with Crippen molar-refractivity contribution in [3.63, 3.8) is 0 Å². The topological polar surface area (TPSA) is 67.1 Å². The first kappa shape index (κ1) is 15.0. The molecule has 1 saturated carbocycles. The molecule has 1 aliphatic rings. The number of rotatable bonds is 6. The van der Waals surface area contributed by atoms with Crippen LogP contribution < -0.4 is 11.1 Å². The number of aromatic nitrogens is 2. The van der Waals surface area contributed by atoms with E-state index in [1.54, 1.807) is 0 Å². The van der Waals surface area contributed by atoms with Crippen molar-refractivity contribution in [1.29, 1.82) is 0 Å². The zero-order chi connectivity index (χ0) is 14.9. The Kier molecular flexibility index (Phi) is 4.18. The van der Waals surface area contributed by atoms with Crippen LogP contribution in [-0.2, 0) is 0 Å². The van der Waals surface area contributed by atoms with Crippen LogP contribution in [0.5, 0.6) is 0 Å². The van der Waals surface area contributed by atoms with Crippen LogP contribution in [0.4, 0.5) is 11.6 Å². The fraction of sp³-hybridized carbons (Fsp3) is 0.733. The van der Waals surface area contributed by atoms with Crippen molar-refractivity contribution >= 4 is 11.6 Å². The van der Waals surface area contributed by atoms with Crippen molar-refractivity contribution in [1.82, 2.24) is 14.9 Å². The van der Waals surface area contributed by atoms with Crippen LogP contribution in [0.15, 0.2) is 0 Å². The van der Waals surface area contributed by atoms with Gasteiger partial charge in [-0.3, -0.25) is 0 Å². The van der Waals surface area contributed by atoms with Gasteiger partial charge in [-0.05, 0) is 39.3 Å². The van der Waals surface area contributed by atoms with E-state index >= 15 is 0 Å². The molecule has 0 bridgehead atoms. The monoisotopic (exact) mass is 277 g/mol. The zero-order valence-electron chi connectivity index (χ0n) is 13.3. The molecule has 3 N–H and O–H groups in total. The number of nitrogen functional groups attached to an aromatic ring is 1. The summed E-state index contributed by atoms with van der Waals surface area (Å²) in [7, 11) is 4.20. The van der Waals surface area contributed by atoms with Crippen LogP contribution in [0.2, 0.25) is 0 Å². The summed E-state index contributed by atoms with van der Waals surface area (Å²) in [4.78, 5) is 11.3. The Balaban J connectivity index is 2.08. The largest absolute Gasteiger partial charge is 0.383 e. The summed E-state index contributed by atoms with van der Waals surface area (Å²) in [5.41, 5.74) is 7.14. The molecule has 1 aromatic rings. The molecule has 1 aliphatic carbocycles. The van der Waals surface area contributed by atoms with Gasteiger partial charge in [-0.25, -0.2) is 9.97 Å². The smallest absolute Gasteiger partial charge is 0.136 e. The molecule has 5 heteroatoms. The number of nitrogens with zero attached hydrogens (tertiary/aromatic N) is 3. The van der Waals surface area contributed by atoms with Crippen molar-refractivity contribution in [2.45, 2.75) is 39.5 Å². The number of nitrogens with two attached hydrogens (primary N) is 1. The van der Waals surface area contributed by atoms with E-state index in [1.165, 1.54) is 12.8 Å². The highest BCUT2D eigenvalue weighted by Crippen LogP contribution is 2.39. The first-order chi connectivity index (χ1) is 9.28. The summed E-state index contributed by atoms with van der Waals surface area (Å²) >= 11 is 0. The minimum absolute atomic E-state index is 0.176. The molecule has 1 fully saturated rings. The van der Waals surface area contributed by atoms with Gasteiger partial charge in [0.2, 0.25) is 0 Å². The van der Waals surface area contributed by atoms with E-state index in [0.717, 1.165) is 30.3 Å². The second kappa shape index (κ2) is 5.56. The predicted molar refractivity (Wildman–Crippen MR) is 84.0 cm³/mol. The van der Waals surface area contributed by atoms with E-state index in [9.17, 15) is 0 Å². The van der Waals surface area contributed by atoms with Crippen LogP contribution >= 0.6 is 0 Å². The van der Waals surface area contributed by atoms with E-state index in [0.29, 0.717) is 11.7 Å². The molecule has 0 aromatic carbocycles. The van der Waals surface area contributed by atoms with Gasteiger partial charge in [-0.15, -0.1) is 0 Å². The summed E-state index contributed by atoms with van der Waals surface area (Å²) in [5.74, 6) is 2.93. The second-order valence-corrected chi connectivity index (χ2v) is 6.97. The van der Waals surface area contributed by atoms with Gasteiger partial charge in [0.1, 0.15) is 17.5 Å². The van der Waals surface area contributed by atoms with E-state index in [2.05, 4.69) is 48.1 Å². The molecule has 5 nitrogen and oxygen atoms in total. The van der Waals surface area contributed by atoms with Gasteiger partial charge in [0.25, 0.3) is 0 Å². The van der Waals surface area contributed by atoms with E-state index in [-0.39, 0.29) is 5.41 Å². The van der Waals surface area contributed by atoms with Gasteiger partial charge < -0.3 is 16.0 Å². The van der Waals surface area contributed by atoms with Crippen LogP contribution in [0.3, 0.4) is 0 Å². The molecule has 0 unspecified atom stereocenters. The number of hydrogen-bond donors (Lipinski definition) is 2. The van der Waals surface area contributed by atoms with Crippen molar-refractivity contribution in [3.8, 4) is 0 Å². The van der Waals surface area contributed by atoms with Gasteiger partial charge in [0.05, 0.1) is 0 Å². The van der Waals surface area contributed by atoms with Gasteiger partial charge >= 0.3 is 0 Å². The van der Waals surface area contributed by atoms with Gasteiger partial charge in [-0.2, -0.15) is 0 Å². The number of nitrogens with one attached hydrogen (secondary N) is 1. The first-order valence-electron chi connectivity index (χ1n) is 7.31. The standard InChI is InChI=1S/C15H27N5/c1-10-12(16)18-14(11-6-7-11)19-13(10)17-8-15(2,3)9-20(4)5/h11H,6-9H2,1-5H3,(H3,16,17,18,19). The third-order valence-electron chi connectivity index (χ3n) is 3.62. The summed E-state index contributed by atoms with van der Waals surface area (Å²) in [6.07, 6.45) is 2.38. The van der Waals surface area contributed by atoms with E-state index < -0.39 is 0 Å². The summed E-state index contributed by atoms with van der Waals surface area (Å²) in [5, 5.41) is 3.46. The molecule has 0 aliphatic heterocycles. The Morgan fingerprint density at radius 3 is 2.50 bits per heavy atom. The van der Waals surface area contributed by atoms with Crippen molar-refractivity contribution in [2.24, 2.45) is 5.41 Å². The molecule has 0 radical (unpaired) electrons. The fourth-order valence-corrected chi connectivity index (χ4v) is 2.48. The third-order valence-corrected chi connectivity index (χ3v) is 3.62. The highest BCUT2D eigenvalue weighted by Gasteiger charge is 2.28. The lowest BCUT2D eigenvalue weighted by Crippen LogP contribution is -2.34. The Hall–Kier alpha value is -1.36.